The monoisotopic (exact) mass is 397 g/mol. The summed E-state index contributed by atoms with van der Waals surface area (Å²) in [6.45, 7) is 11.1. The summed E-state index contributed by atoms with van der Waals surface area (Å²) in [5, 5.41) is 13.7. The maximum absolute atomic E-state index is 12.6. The predicted molar refractivity (Wildman–Crippen MR) is 108 cm³/mol. The molecule has 9 heteroatoms. The van der Waals surface area contributed by atoms with E-state index in [-0.39, 0.29) is 6.09 Å². The number of aromatic nitrogens is 4. The first-order valence-corrected chi connectivity index (χ1v) is 9.52. The molecule has 2 aromatic heterocycles. The Morgan fingerprint density at radius 2 is 2.00 bits per heavy atom. The number of nitriles is 1. The molecule has 1 saturated heterocycles. The van der Waals surface area contributed by atoms with Crippen LogP contribution in [-0.4, -0.2) is 61.5 Å². The molecule has 0 aliphatic carbocycles. The zero-order valence-electron chi connectivity index (χ0n) is 17.8. The summed E-state index contributed by atoms with van der Waals surface area (Å²) in [6.07, 6.45) is 4.73. The van der Waals surface area contributed by atoms with Gasteiger partial charge in [-0.3, -0.25) is 9.58 Å². The molecule has 1 fully saturated rings. The van der Waals surface area contributed by atoms with Crippen LogP contribution in [0.1, 0.15) is 40.2 Å². The summed E-state index contributed by atoms with van der Waals surface area (Å²) >= 11 is 0. The highest BCUT2D eigenvalue weighted by Crippen LogP contribution is 2.29. The quantitative estimate of drug-likeness (QED) is 0.768. The summed E-state index contributed by atoms with van der Waals surface area (Å²) in [5.74, 6) is 1.08. The fourth-order valence-electron chi connectivity index (χ4n) is 3.36. The van der Waals surface area contributed by atoms with Crippen LogP contribution in [0, 0.1) is 11.3 Å². The second-order valence-electron chi connectivity index (χ2n) is 8.81. The number of ether oxygens (including phenoxy) is 1. The van der Waals surface area contributed by atoms with Crippen LogP contribution in [0.25, 0.3) is 11.4 Å². The van der Waals surface area contributed by atoms with E-state index in [1.807, 2.05) is 52.8 Å². The zero-order chi connectivity index (χ0) is 21.4. The molecule has 1 amide bonds. The van der Waals surface area contributed by atoms with Crippen molar-refractivity contribution in [2.75, 3.05) is 24.5 Å². The normalized spacial score (nSPS) is 16.4. The van der Waals surface area contributed by atoms with Crippen molar-refractivity contribution in [1.82, 2.24) is 24.6 Å². The van der Waals surface area contributed by atoms with E-state index in [2.05, 4.69) is 21.1 Å². The molecule has 154 valence electrons. The maximum Gasteiger partial charge on any atom is 0.410 e. The van der Waals surface area contributed by atoms with Crippen molar-refractivity contribution in [1.29, 1.82) is 5.26 Å². The Morgan fingerprint density at radius 1 is 1.28 bits per heavy atom. The molecule has 0 bridgehead atoms. The van der Waals surface area contributed by atoms with Gasteiger partial charge >= 0.3 is 6.09 Å². The Hall–Kier alpha value is -3.15. The molecular weight excluding hydrogens is 370 g/mol. The number of aryl methyl sites for hydroxylation is 1. The van der Waals surface area contributed by atoms with Crippen molar-refractivity contribution < 1.29 is 9.53 Å². The van der Waals surface area contributed by atoms with Crippen LogP contribution in [0.5, 0.6) is 0 Å². The van der Waals surface area contributed by atoms with Gasteiger partial charge in [-0.05, 0) is 34.6 Å². The van der Waals surface area contributed by atoms with Gasteiger partial charge in [-0.1, -0.05) is 0 Å². The Bertz CT molecular complexity index is 952. The van der Waals surface area contributed by atoms with Gasteiger partial charge < -0.3 is 9.64 Å². The fourth-order valence-corrected chi connectivity index (χ4v) is 3.36. The number of piperazine rings is 1. The number of anilines is 1. The third-order valence-electron chi connectivity index (χ3n) is 4.67. The van der Waals surface area contributed by atoms with E-state index >= 15 is 0 Å². The molecule has 0 unspecified atom stereocenters. The van der Waals surface area contributed by atoms with Gasteiger partial charge in [0, 0.05) is 32.9 Å². The molecule has 1 aliphatic heterocycles. The standard InChI is InChI=1S/C20H27N7O2/c1-19(2,3)29-18(28)27-8-7-26(13-20(27,4)5)17-14(9-21)10-22-16(24-17)15-11-23-25(6)12-15/h10-12H,7-8,13H2,1-6H3. The van der Waals surface area contributed by atoms with Crippen LogP contribution in [0.2, 0.25) is 0 Å². The average molecular weight is 397 g/mol. The van der Waals surface area contributed by atoms with Crippen molar-refractivity contribution in [3.8, 4) is 17.5 Å². The zero-order valence-corrected chi connectivity index (χ0v) is 17.8. The van der Waals surface area contributed by atoms with Crippen LogP contribution in [-0.2, 0) is 11.8 Å². The highest BCUT2D eigenvalue weighted by molar-refractivity contribution is 5.70. The Kier molecular flexibility index (Phi) is 5.22. The molecule has 29 heavy (non-hydrogen) atoms. The van der Waals surface area contributed by atoms with Crippen molar-refractivity contribution in [3.05, 3.63) is 24.2 Å². The number of carbonyl (C=O) groups is 1. The SMILES string of the molecule is Cn1cc(-c2ncc(C#N)c(N3CCN(C(=O)OC(C)(C)C)C(C)(C)C3)n2)cn1. The Balaban J connectivity index is 1.87. The molecule has 9 nitrogen and oxygen atoms in total. The second kappa shape index (κ2) is 7.35. The average Bonchev–Trinajstić information content (AvgIpc) is 3.05. The highest BCUT2D eigenvalue weighted by atomic mass is 16.6. The molecule has 3 rings (SSSR count). The van der Waals surface area contributed by atoms with Gasteiger partial charge in [0.2, 0.25) is 0 Å². The Morgan fingerprint density at radius 3 is 2.55 bits per heavy atom. The van der Waals surface area contributed by atoms with Gasteiger partial charge in [-0.15, -0.1) is 0 Å². The molecule has 0 radical (unpaired) electrons. The number of rotatable bonds is 2. The lowest BCUT2D eigenvalue weighted by Gasteiger charge is -2.47. The minimum absolute atomic E-state index is 0.332. The molecule has 0 atom stereocenters. The van der Waals surface area contributed by atoms with Crippen molar-refractivity contribution >= 4 is 11.9 Å². The van der Waals surface area contributed by atoms with Gasteiger partial charge in [-0.2, -0.15) is 10.4 Å². The van der Waals surface area contributed by atoms with Gasteiger partial charge in [0.15, 0.2) is 11.6 Å². The summed E-state index contributed by atoms with van der Waals surface area (Å²) < 4.78 is 7.24. The third-order valence-corrected chi connectivity index (χ3v) is 4.67. The predicted octanol–water partition coefficient (Wildman–Crippen LogP) is 2.58. The maximum atomic E-state index is 12.6. The minimum atomic E-state index is -0.552. The van der Waals surface area contributed by atoms with E-state index in [1.165, 1.54) is 6.20 Å². The molecule has 0 N–H and O–H groups in total. The van der Waals surface area contributed by atoms with Crippen LogP contribution in [0.15, 0.2) is 18.6 Å². The lowest BCUT2D eigenvalue weighted by Crippen LogP contribution is -2.62. The molecule has 1 aliphatic rings. The number of nitrogens with zero attached hydrogens (tertiary/aromatic N) is 7. The second-order valence-corrected chi connectivity index (χ2v) is 8.81. The minimum Gasteiger partial charge on any atom is -0.444 e. The summed E-state index contributed by atoms with van der Waals surface area (Å²) in [7, 11) is 1.83. The van der Waals surface area contributed by atoms with Crippen LogP contribution in [0.4, 0.5) is 10.6 Å². The smallest absolute Gasteiger partial charge is 0.410 e. The largest absolute Gasteiger partial charge is 0.444 e. The van der Waals surface area contributed by atoms with Gasteiger partial charge in [0.1, 0.15) is 17.2 Å². The topological polar surface area (TPSA) is 100 Å². The molecule has 2 aromatic rings. The van der Waals surface area contributed by atoms with E-state index in [0.29, 0.717) is 36.8 Å². The first-order chi connectivity index (χ1) is 13.5. The van der Waals surface area contributed by atoms with Crippen molar-refractivity contribution in [2.24, 2.45) is 7.05 Å². The van der Waals surface area contributed by atoms with Crippen molar-refractivity contribution in [2.45, 2.75) is 45.8 Å². The molecule has 3 heterocycles. The van der Waals surface area contributed by atoms with Gasteiger partial charge in [0.25, 0.3) is 0 Å². The lowest BCUT2D eigenvalue weighted by molar-refractivity contribution is 0.000308. The van der Waals surface area contributed by atoms with Gasteiger partial charge in [0.05, 0.1) is 23.5 Å². The van der Waals surface area contributed by atoms with Crippen molar-refractivity contribution in [3.63, 3.8) is 0 Å². The summed E-state index contributed by atoms with van der Waals surface area (Å²) in [5.41, 5.74) is 0.139. The number of hydrogen-bond acceptors (Lipinski definition) is 7. The highest BCUT2D eigenvalue weighted by Gasteiger charge is 2.40. The number of carbonyl (C=O) groups excluding carboxylic acids is 1. The Labute approximate surface area is 170 Å². The van der Waals surface area contributed by atoms with E-state index in [0.717, 1.165) is 5.56 Å². The van der Waals surface area contributed by atoms with E-state index in [4.69, 9.17) is 4.74 Å². The number of amides is 1. The third kappa shape index (κ3) is 4.47. The van der Waals surface area contributed by atoms with Gasteiger partial charge in [-0.25, -0.2) is 14.8 Å². The molecule has 0 aromatic carbocycles. The molecular formula is C20H27N7O2. The number of hydrogen-bond donors (Lipinski definition) is 0. The van der Waals surface area contributed by atoms with E-state index in [1.54, 1.807) is 15.8 Å². The first kappa shape index (κ1) is 20.6. The fraction of sp³-hybridized carbons (Fsp3) is 0.550. The molecule has 0 saturated carbocycles. The van der Waals surface area contributed by atoms with E-state index < -0.39 is 11.1 Å². The van der Waals surface area contributed by atoms with E-state index in [9.17, 15) is 10.1 Å². The van der Waals surface area contributed by atoms with Crippen LogP contribution < -0.4 is 4.90 Å². The van der Waals surface area contributed by atoms with Crippen LogP contribution >= 0.6 is 0 Å². The molecule has 0 spiro atoms. The van der Waals surface area contributed by atoms with Crippen LogP contribution in [0.3, 0.4) is 0 Å². The first-order valence-electron chi connectivity index (χ1n) is 9.52. The lowest BCUT2D eigenvalue weighted by atomic mass is 9.99. The summed E-state index contributed by atoms with van der Waals surface area (Å²) in [4.78, 5) is 25.4. The summed E-state index contributed by atoms with van der Waals surface area (Å²) in [6, 6.07) is 2.18.